The van der Waals surface area contributed by atoms with Crippen LogP contribution in [0.5, 0.6) is 5.75 Å². The van der Waals surface area contributed by atoms with E-state index in [0.29, 0.717) is 35.9 Å². The van der Waals surface area contributed by atoms with Gasteiger partial charge >= 0.3 is 0 Å². The van der Waals surface area contributed by atoms with Gasteiger partial charge in [0.15, 0.2) is 0 Å². The Morgan fingerprint density at radius 3 is 2.57 bits per heavy atom. The second-order valence-corrected chi connectivity index (χ2v) is 12.1. The number of methoxy groups -OCH3 is 1. The molecule has 3 aromatic rings. The molecule has 1 aromatic carbocycles. The summed E-state index contributed by atoms with van der Waals surface area (Å²) in [5, 5.41) is 2.80. The second kappa shape index (κ2) is 11.2. The van der Waals surface area contributed by atoms with E-state index in [1.807, 2.05) is 43.3 Å². The minimum Gasteiger partial charge on any atom is -0.495 e. The number of aryl methyl sites for hydroxylation is 1. The van der Waals surface area contributed by atoms with Crippen molar-refractivity contribution >= 4 is 43.2 Å². The third-order valence-electron chi connectivity index (χ3n) is 6.26. The summed E-state index contributed by atoms with van der Waals surface area (Å²) in [5.41, 5.74) is 0.374. The van der Waals surface area contributed by atoms with Crippen molar-refractivity contribution in [1.29, 1.82) is 0 Å². The smallest absolute Gasteiger partial charge is 0.263 e. The van der Waals surface area contributed by atoms with Gasteiger partial charge in [0.1, 0.15) is 22.0 Å². The molecular formula is C24H32N6O5S2. The molecule has 0 aliphatic carbocycles. The molecular weight excluding hydrogens is 516 g/mol. The zero-order chi connectivity index (χ0) is 26.7. The van der Waals surface area contributed by atoms with Gasteiger partial charge in [-0.3, -0.25) is 14.2 Å². The van der Waals surface area contributed by atoms with Gasteiger partial charge in [0.05, 0.1) is 24.5 Å². The van der Waals surface area contributed by atoms with E-state index in [1.54, 1.807) is 14.0 Å². The Morgan fingerprint density at radius 1 is 1.19 bits per heavy atom. The van der Waals surface area contributed by atoms with Crippen LogP contribution in [-0.4, -0.2) is 93.6 Å². The first-order valence-electron chi connectivity index (χ1n) is 11.9. The molecule has 11 nitrogen and oxygen atoms in total. The summed E-state index contributed by atoms with van der Waals surface area (Å²) in [7, 11) is 1.44. The van der Waals surface area contributed by atoms with Gasteiger partial charge in [-0.05, 0) is 33.2 Å². The number of hydrogen-bond donors (Lipinski definition) is 1. The van der Waals surface area contributed by atoms with Crippen molar-refractivity contribution in [1.82, 2.24) is 24.1 Å². The standard InChI is InChI=1S/C24H32N6O5S2/c1-17-22(21-23(36-17)26-16-29(24(21)32)15-20(31)25-9-10-27(2)3)37(33,34)30-13-11-28(12-14-30)18-7-5-6-8-19(18)35-4/h5-8,16H,9-15H2,1-4H3,(H,25,31). The number of piperazine rings is 1. The Labute approximate surface area is 220 Å². The molecule has 0 spiro atoms. The Hall–Kier alpha value is -3.00. The van der Waals surface area contributed by atoms with Gasteiger partial charge < -0.3 is 19.9 Å². The summed E-state index contributed by atoms with van der Waals surface area (Å²) in [6, 6.07) is 7.63. The number of rotatable bonds is 9. The third kappa shape index (κ3) is 5.64. The third-order valence-corrected chi connectivity index (χ3v) is 9.47. The summed E-state index contributed by atoms with van der Waals surface area (Å²) in [6.45, 7) is 4.04. The van der Waals surface area contributed by atoms with Crippen LogP contribution in [0, 0.1) is 6.92 Å². The summed E-state index contributed by atoms with van der Waals surface area (Å²) >= 11 is 1.17. The molecule has 3 heterocycles. The highest BCUT2D eigenvalue weighted by molar-refractivity contribution is 7.89. The lowest BCUT2D eigenvalue weighted by Crippen LogP contribution is -2.49. The van der Waals surface area contributed by atoms with E-state index >= 15 is 0 Å². The average molecular weight is 549 g/mol. The van der Waals surface area contributed by atoms with Crippen molar-refractivity contribution in [2.45, 2.75) is 18.4 Å². The minimum atomic E-state index is -3.96. The molecule has 4 rings (SSSR count). The number of aromatic nitrogens is 2. The molecule has 1 saturated heterocycles. The predicted molar refractivity (Wildman–Crippen MR) is 144 cm³/mol. The number of anilines is 1. The van der Waals surface area contributed by atoms with Crippen molar-refractivity contribution in [3.05, 3.63) is 45.8 Å². The molecule has 0 radical (unpaired) electrons. The fourth-order valence-corrected chi connectivity index (χ4v) is 7.44. The number of hydrogen-bond acceptors (Lipinski definition) is 9. The highest BCUT2D eigenvalue weighted by atomic mass is 32.2. The number of nitrogens with zero attached hydrogens (tertiary/aromatic N) is 5. The second-order valence-electron chi connectivity index (χ2n) is 9.06. The Morgan fingerprint density at radius 2 is 1.89 bits per heavy atom. The van der Waals surface area contributed by atoms with Crippen molar-refractivity contribution in [3.8, 4) is 5.75 Å². The van der Waals surface area contributed by atoms with E-state index in [-0.39, 0.29) is 35.8 Å². The van der Waals surface area contributed by atoms with Gasteiger partial charge in [-0.2, -0.15) is 4.31 Å². The number of carbonyl (C=O) groups excluding carboxylic acids is 1. The van der Waals surface area contributed by atoms with E-state index in [2.05, 4.69) is 15.2 Å². The molecule has 0 saturated carbocycles. The maximum Gasteiger partial charge on any atom is 0.263 e. The quantitative estimate of drug-likeness (QED) is 0.420. The number of benzene rings is 1. The fraction of sp³-hybridized carbons (Fsp3) is 0.458. The van der Waals surface area contributed by atoms with Gasteiger partial charge in [-0.15, -0.1) is 11.3 Å². The van der Waals surface area contributed by atoms with Crippen LogP contribution in [0.3, 0.4) is 0 Å². The molecule has 2 aromatic heterocycles. The number of carbonyl (C=O) groups is 1. The molecule has 13 heteroatoms. The first kappa shape index (κ1) is 27.0. The molecule has 1 aliphatic rings. The zero-order valence-corrected chi connectivity index (χ0v) is 23.1. The molecule has 1 amide bonds. The van der Waals surface area contributed by atoms with Gasteiger partial charge in [-0.1, -0.05) is 12.1 Å². The average Bonchev–Trinajstić information content (AvgIpc) is 3.23. The van der Waals surface area contributed by atoms with E-state index < -0.39 is 15.6 Å². The van der Waals surface area contributed by atoms with Crippen LogP contribution in [0.1, 0.15) is 4.88 Å². The number of fused-ring (bicyclic) bond motifs is 1. The largest absolute Gasteiger partial charge is 0.495 e. The number of sulfonamides is 1. The van der Waals surface area contributed by atoms with Gasteiger partial charge in [0.2, 0.25) is 15.9 Å². The molecule has 1 N–H and O–H groups in total. The molecule has 1 fully saturated rings. The van der Waals surface area contributed by atoms with Crippen LogP contribution in [0.2, 0.25) is 0 Å². The summed E-state index contributed by atoms with van der Waals surface area (Å²) in [6.07, 6.45) is 1.30. The molecule has 1 aliphatic heterocycles. The fourth-order valence-electron chi connectivity index (χ4n) is 4.36. The lowest BCUT2D eigenvalue weighted by molar-refractivity contribution is -0.121. The number of amides is 1. The van der Waals surface area contributed by atoms with Crippen LogP contribution in [-0.2, 0) is 21.4 Å². The topological polar surface area (TPSA) is 117 Å². The maximum atomic E-state index is 13.8. The van der Waals surface area contributed by atoms with E-state index in [9.17, 15) is 18.0 Å². The minimum absolute atomic E-state index is 0.0156. The van der Waals surface area contributed by atoms with Gasteiger partial charge in [0.25, 0.3) is 5.56 Å². The first-order chi connectivity index (χ1) is 17.6. The Bertz CT molecular complexity index is 1440. The van der Waals surface area contributed by atoms with Gasteiger partial charge in [0, 0.05) is 44.1 Å². The van der Waals surface area contributed by atoms with Gasteiger partial charge in [-0.25, -0.2) is 13.4 Å². The molecule has 200 valence electrons. The highest BCUT2D eigenvalue weighted by Gasteiger charge is 2.34. The maximum absolute atomic E-state index is 13.8. The molecule has 0 atom stereocenters. The first-order valence-corrected chi connectivity index (χ1v) is 14.2. The predicted octanol–water partition coefficient (Wildman–Crippen LogP) is 0.964. The van der Waals surface area contributed by atoms with E-state index in [4.69, 9.17) is 4.74 Å². The monoisotopic (exact) mass is 548 g/mol. The number of thiophene rings is 1. The van der Waals surface area contributed by atoms with Crippen LogP contribution in [0.15, 0.2) is 40.3 Å². The number of para-hydroxylation sites is 2. The number of ether oxygens (including phenoxy) is 1. The van der Waals surface area contributed by atoms with Crippen LogP contribution in [0.25, 0.3) is 10.2 Å². The zero-order valence-electron chi connectivity index (χ0n) is 21.4. The van der Waals surface area contributed by atoms with Crippen molar-refractivity contribution < 1.29 is 17.9 Å². The SMILES string of the molecule is COc1ccccc1N1CCN(S(=O)(=O)c2c(C)sc3ncn(CC(=O)NCCN(C)C)c(=O)c23)CC1. The van der Waals surface area contributed by atoms with Crippen molar-refractivity contribution in [2.75, 3.05) is 65.4 Å². The van der Waals surface area contributed by atoms with E-state index in [1.165, 1.54) is 22.0 Å². The summed E-state index contributed by atoms with van der Waals surface area (Å²) < 4.78 is 35.6. The number of nitrogens with one attached hydrogen (secondary N) is 1. The van der Waals surface area contributed by atoms with Crippen LogP contribution in [0.4, 0.5) is 5.69 Å². The normalized spacial score (nSPS) is 14.9. The van der Waals surface area contributed by atoms with Crippen LogP contribution < -0.4 is 20.5 Å². The molecule has 0 bridgehead atoms. The molecule has 37 heavy (non-hydrogen) atoms. The van der Waals surface area contributed by atoms with Crippen molar-refractivity contribution in [2.24, 2.45) is 0 Å². The van der Waals surface area contributed by atoms with Crippen LogP contribution >= 0.6 is 11.3 Å². The molecule has 0 unspecified atom stereocenters. The number of likely N-dealkylation sites (N-methyl/N-ethyl adjacent to an activating group) is 1. The lowest BCUT2D eigenvalue weighted by Gasteiger charge is -2.35. The lowest BCUT2D eigenvalue weighted by atomic mass is 10.2. The highest BCUT2D eigenvalue weighted by Crippen LogP contribution is 2.34. The summed E-state index contributed by atoms with van der Waals surface area (Å²) in [5.74, 6) is 0.393. The summed E-state index contributed by atoms with van der Waals surface area (Å²) in [4.78, 5) is 34.9. The Balaban J connectivity index is 1.57. The van der Waals surface area contributed by atoms with Crippen molar-refractivity contribution in [3.63, 3.8) is 0 Å². The Kier molecular flexibility index (Phi) is 8.17. The van der Waals surface area contributed by atoms with E-state index in [0.717, 1.165) is 16.0 Å².